The first-order valence-electron chi connectivity index (χ1n) is 5.76. The number of anilines is 2. The molecule has 1 heterocycles. The molecule has 0 aliphatic carbocycles. The topological polar surface area (TPSA) is 97.1 Å². The van der Waals surface area contributed by atoms with Gasteiger partial charge in [0.25, 0.3) is 11.9 Å². The summed E-state index contributed by atoms with van der Waals surface area (Å²) in [6, 6.07) is 7.19. The number of amides is 3. The van der Waals surface area contributed by atoms with Crippen molar-refractivity contribution in [1.29, 1.82) is 0 Å². The maximum absolute atomic E-state index is 13.6. The lowest BCUT2D eigenvalue weighted by atomic mass is 10.2. The Morgan fingerprint density at radius 3 is 2.38 bits per heavy atom. The third-order valence-corrected chi connectivity index (χ3v) is 2.50. The second-order valence-electron chi connectivity index (χ2n) is 3.96. The number of rotatable bonds is 3. The van der Waals surface area contributed by atoms with Crippen molar-refractivity contribution >= 4 is 23.3 Å². The molecule has 0 saturated carbocycles. The van der Waals surface area contributed by atoms with Gasteiger partial charge in [0.15, 0.2) is 0 Å². The van der Waals surface area contributed by atoms with E-state index in [2.05, 4.69) is 10.3 Å². The van der Waals surface area contributed by atoms with Crippen LogP contribution < -0.4 is 16.4 Å². The molecule has 1 aromatic carbocycles. The number of halogens is 2. The van der Waals surface area contributed by atoms with Gasteiger partial charge in [-0.05, 0) is 12.1 Å². The van der Waals surface area contributed by atoms with Crippen molar-refractivity contribution in [1.82, 2.24) is 4.98 Å². The smallest absolute Gasteiger partial charge is 0.316 e. The first-order chi connectivity index (χ1) is 9.99. The number of nitrogens with one attached hydrogen (secondary N) is 2. The Labute approximate surface area is 118 Å². The zero-order valence-electron chi connectivity index (χ0n) is 10.6. The van der Waals surface area contributed by atoms with E-state index in [0.29, 0.717) is 5.69 Å². The molecule has 0 fully saturated rings. The standard InChI is InChI=1S/C13H10F2N4O2/c14-9-10(19-13(16)21)8(6-17-11(9)15)12(20)18-7-4-2-1-3-5-7/h1-6H,(H,18,20)(H3,16,17,19,21). The van der Waals surface area contributed by atoms with Crippen molar-refractivity contribution in [2.45, 2.75) is 0 Å². The van der Waals surface area contributed by atoms with Gasteiger partial charge in [-0.1, -0.05) is 18.2 Å². The maximum atomic E-state index is 13.6. The average molecular weight is 292 g/mol. The lowest BCUT2D eigenvalue weighted by Gasteiger charge is -2.11. The second kappa shape index (κ2) is 5.95. The van der Waals surface area contributed by atoms with E-state index in [4.69, 9.17) is 5.73 Å². The van der Waals surface area contributed by atoms with E-state index >= 15 is 0 Å². The minimum absolute atomic E-state index is 0.350. The van der Waals surface area contributed by atoms with Crippen LogP contribution in [0.25, 0.3) is 0 Å². The number of nitrogens with two attached hydrogens (primary N) is 1. The van der Waals surface area contributed by atoms with Crippen LogP contribution in [0.1, 0.15) is 10.4 Å². The Balaban J connectivity index is 2.36. The lowest BCUT2D eigenvalue weighted by molar-refractivity contribution is 0.102. The molecule has 2 aromatic rings. The third-order valence-electron chi connectivity index (χ3n) is 2.50. The number of hydrogen-bond acceptors (Lipinski definition) is 3. The zero-order valence-corrected chi connectivity index (χ0v) is 10.6. The number of pyridine rings is 1. The summed E-state index contributed by atoms with van der Waals surface area (Å²) in [6.07, 6.45) is 0.808. The fraction of sp³-hybridized carbons (Fsp3) is 0. The van der Waals surface area contributed by atoms with Crippen LogP contribution in [0.4, 0.5) is 25.0 Å². The molecule has 0 saturated heterocycles. The van der Waals surface area contributed by atoms with E-state index in [1.165, 1.54) is 0 Å². The molecule has 0 aliphatic rings. The summed E-state index contributed by atoms with van der Waals surface area (Å²) in [5.74, 6) is -3.68. The highest BCUT2D eigenvalue weighted by Gasteiger charge is 2.21. The molecule has 1 aromatic heterocycles. The number of nitrogens with zero attached hydrogens (tertiary/aromatic N) is 1. The van der Waals surface area contributed by atoms with Gasteiger partial charge in [0.2, 0.25) is 5.82 Å². The molecule has 0 aliphatic heterocycles. The van der Waals surface area contributed by atoms with Crippen LogP contribution in [0.15, 0.2) is 36.5 Å². The van der Waals surface area contributed by atoms with E-state index in [9.17, 15) is 18.4 Å². The van der Waals surface area contributed by atoms with Gasteiger partial charge in [-0.2, -0.15) is 8.78 Å². The Morgan fingerprint density at radius 2 is 1.76 bits per heavy atom. The van der Waals surface area contributed by atoms with Crippen molar-refractivity contribution in [3.63, 3.8) is 0 Å². The molecular weight excluding hydrogens is 282 g/mol. The maximum Gasteiger partial charge on any atom is 0.316 e. The Hall–Kier alpha value is -3.03. The second-order valence-corrected chi connectivity index (χ2v) is 3.96. The quantitative estimate of drug-likeness (QED) is 0.756. The number of urea groups is 1. The SMILES string of the molecule is NC(=O)Nc1c(C(=O)Nc2ccccc2)cnc(F)c1F. The summed E-state index contributed by atoms with van der Waals surface area (Å²) in [5, 5.41) is 4.33. The van der Waals surface area contributed by atoms with Gasteiger partial charge < -0.3 is 16.4 Å². The zero-order chi connectivity index (χ0) is 15.4. The number of carbonyl (C=O) groups is 2. The highest BCUT2D eigenvalue weighted by molar-refractivity contribution is 6.09. The number of hydrogen-bond donors (Lipinski definition) is 3. The van der Waals surface area contributed by atoms with E-state index < -0.39 is 29.4 Å². The molecule has 108 valence electrons. The number of carbonyl (C=O) groups excluding carboxylic acids is 2. The summed E-state index contributed by atoms with van der Waals surface area (Å²) >= 11 is 0. The van der Waals surface area contributed by atoms with Crippen LogP contribution in [-0.2, 0) is 0 Å². The average Bonchev–Trinajstić information content (AvgIpc) is 2.44. The van der Waals surface area contributed by atoms with E-state index in [1.807, 2.05) is 5.32 Å². The van der Waals surface area contributed by atoms with Gasteiger partial charge >= 0.3 is 6.03 Å². The third kappa shape index (κ3) is 3.30. The van der Waals surface area contributed by atoms with Crippen molar-refractivity contribution in [3.8, 4) is 0 Å². The summed E-state index contributed by atoms with van der Waals surface area (Å²) < 4.78 is 26.7. The Kier molecular flexibility index (Phi) is 4.07. The van der Waals surface area contributed by atoms with Crippen LogP contribution in [0.2, 0.25) is 0 Å². The molecule has 8 heteroatoms. The van der Waals surface area contributed by atoms with Gasteiger partial charge in [-0.25, -0.2) is 9.78 Å². The first-order valence-corrected chi connectivity index (χ1v) is 5.76. The molecular formula is C13H10F2N4O2. The summed E-state index contributed by atoms with van der Waals surface area (Å²) in [6.45, 7) is 0. The summed E-state index contributed by atoms with van der Waals surface area (Å²) in [4.78, 5) is 26.0. The number of para-hydroxylation sites is 1. The van der Waals surface area contributed by atoms with Crippen molar-refractivity contribution in [3.05, 3.63) is 53.9 Å². The largest absolute Gasteiger partial charge is 0.351 e. The van der Waals surface area contributed by atoms with Gasteiger partial charge in [0, 0.05) is 11.9 Å². The monoisotopic (exact) mass is 292 g/mol. The van der Waals surface area contributed by atoms with Gasteiger partial charge in [-0.15, -0.1) is 0 Å². The van der Waals surface area contributed by atoms with Gasteiger partial charge in [0.1, 0.15) is 0 Å². The Bertz CT molecular complexity index is 692. The lowest BCUT2D eigenvalue weighted by Crippen LogP contribution is -2.24. The first kappa shape index (κ1) is 14.4. The number of aromatic nitrogens is 1. The highest BCUT2D eigenvalue weighted by Crippen LogP contribution is 2.22. The predicted octanol–water partition coefficient (Wildman–Crippen LogP) is 2.10. The molecule has 0 radical (unpaired) electrons. The van der Waals surface area contributed by atoms with E-state index in [1.54, 1.807) is 30.3 Å². The summed E-state index contributed by atoms with van der Waals surface area (Å²) in [7, 11) is 0. The molecule has 3 amide bonds. The number of benzene rings is 1. The molecule has 4 N–H and O–H groups in total. The van der Waals surface area contributed by atoms with E-state index in [-0.39, 0.29) is 5.56 Å². The molecule has 2 rings (SSSR count). The van der Waals surface area contributed by atoms with Crippen LogP contribution in [-0.4, -0.2) is 16.9 Å². The van der Waals surface area contributed by atoms with Crippen molar-refractivity contribution in [2.24, 2.45) is 5.73 Å². The van der Waals surface area contributed by atoms with Crippen molar-refractivity contribution in [2.75, 3.05) is 10.6 Å². The van der Waals surface area contributed by atoms with Crippen LogP contribution in [0.3, 0.4) is 0 Å². The minimum atomic E-state index is -1.46. The highest BCUT2D eigenvalue weighted by atomic mass is 19.2. The van der Waals surface area contributed by atoms with Crippen LogP contribution in [0, 0.1) is 11.8 Å². The summed E-state index contributed by atoms with van der Waals surface area (Å²) in [5.41, 5.74) is 4.30. The van der Waals surface area contributed by atoms with Crippen LogP contribution in [0.5, 0.6) is 0 Å². The molecule has 0 bridgehead atoms. The molecule has 21 heavy (non-hydrogen) atoms. The normalized spacial score (nSPS) is 10.0. The molecule has 6 nitrogen and oxygen atoms in total. The van der Waals surface area contributed by atoms with Gasteiger partial charge in [0.05, 0.1) is 11.3 Å². The molecule has 0 unspecified atom stereocenters. The molecule has 0 atom stereocenters. The van der Waals surface area contributed by atoms with E-state index in [0.717, 1.165) is 6.20 Å². The van der Waals surface area contributed by atoms with Crippen LogP contribution >= 0.6 is 0 Å². The fourth-order valence-electron chi connectivity index (χ4n) is 1.60. The van der Waals surface area contributed by atoms with Gasteiger partial charge in [-0.3, -0.25) is 4.79 Å². The number of primary amides is 1. The molecule has 0 spiro atoms. The fourth-order valence-corrected chi connectivity index (χ4v) is 1.60. The Morgan fingerprint density at radius 1 is 1.10 bits per heavy atom. The minimum Gasteiger partial charge on any atom is -0.351 e. The predicted molar refractivity (Wildman–Crippen MR) is 71.8 cm³/mol. The van der Waals surface area contributed by atoms with Crippen molar-refractivity contribution < 1.29 is 18.4 Å².